The summed E-state index contributed by atoms with van der Waals surface area (Å²) in [5, 5.41) is 13.9. The molecule has 16 heteroatoms. The topological polar surface area (TPSA) is 193 Å². The molecule has 3 N–H and O–H groups in total. The zero-order chi connectivity index (χ0) is 37.6. The molecule has 6 bridgehead atoms. The molecule has 8 rings (SSSR count). The van der Waals surface area contributed by atoms with E-state index >= 15 is 0 Å². The van der Waals surface area contributed by atoms with Crippen LogP contribution in [0.2, 0.25) is 0 Å². The largest absolute Gasteiger partial charge is 0.444 e. The number of rotatable bonds is 7. The fourth-order valence-electron chi connectivity index (χ4n) is 8.81. The third kappa shape index (κ3) is 7.32. The van der Waals surface area contributed by atoms with E-state index in [-0.39, 0.29) is 37.2 Å². The predicted octanol–water partition coefficient (Wildman–Crippen LogP) is 3.49. The van der Waals surface area contributed by atoms with Crippen LogP contribution in [-0.2, 0) is 55.1 Å². The summed E-state index contributed by atoms with van der Waals surface area (Å²) in [6.45, 7) is 4.56. The molecule has 4 amide bonds. The number of benzene rings is 1. The average Bonchev–Trinajstić information content (AvgIpc) is 3.98. The van der Waals surface area contributed by atoms with Crippen molar-refractivity contribution in [2.75, 3.05) is 11.9 Å². The second-order valence-corrected chi connectivity index (χ2v) is 17.9. The maximum absolute atomic E-state index is 14.8. The molecule has 290 valence electrons. The molecule has 3 saturated carbocycles. The number of anilines is 1. The van der Waals surface area contributed by atoms with Crippen molar-refractivity contribution in [3.8, 4) is 0 Å². The van der Waals surface area contributed by atoms with Gasteiger partial charge in [-0.15, -0.1) is 11.7 Å². The van der Waals surface area contributed by atoms with Crippen LogP contribution in [0.5, 0.6) is 0 Å². The van der Waals surface area contributed by atoms with Gasteiger partial charge in [-0.3, -0.25) is 24.0 Å². The van der Waals surface area contributed by atoms with E-state index in [1.807, 2.05) is 12.1 Å². The van der Waals surface area contributed by atoms with Gasteiger partial charge in [-0.25, -0.2) is 13.2 Å². The second-order valence-electron chi connectivity index (χ2n) is 15.9. The van der Waals surface area contributed by atoms with Gasteiger partial charge < -0.3 is 24.7 Å². The van der Waals surface area contributed by atoms with Crippen molar-refractivity contribution in [3.63, 3.8) is 0 Å². The van der Waals surface area contributed by atoms with E-state index in [2.05, 4.69) is 38.2 Å². The summed E-state index contributed by atoms with van der Waals surface area (Å²) in [6.07, 6.45) is 10.0. The van der Waals surface area contributed by atoms with Crippen LogP contribution in [0.1, 0.15) is 99.6 Å². The molecule has 5 atom stereocenters. The molecule has 1 aromatic heterocycles. The van der Waals surface area contributed by atoms with Gasteiger partial charge in [0, 0.05) is 31.8 Å². The Morgan fingerprint density at radius 2 is 1.74 bits per heavy atom. The van der Waals surface area contributed by atoms with Gasteiger partial charge in [-0.2, -0.15) is 0 Å². The summed E-state index contributed by atoms with van der Waals surface area (Å²) >= 11 is 0. The Morgan fingerprint density at radius 1 is 0.981 bits per heavy atom. The Bertz CT molecular complexity index is 1920. The van der Waals surface area contributed by atoms with Gasteiger partial charge in [0.1, 0.15) is 23.7 Å². The molecular weight excluding hydrogens is 715 g/mol. The Hall–Kier alpha value is -4.47. The summed E-state index contributed by atoms with van der Waals surface area (Å²) < 4.78 is 39.7. The molecular formula is C38H49N7O8S. The molecule has 1 saturated heterocycles. The summed E-state index contributed by atoms with van der Waals surface area (Å²) in [6, 6.07) is 4.36. The zero-order valence-corrected chi connectivity index (χ0v) is 31.3. The second kappa shape index (κ2) is 14.6. The van der Waals surface area contributed by atoms with Crippen molar-refractivity contribution in [3.05, 3.63) is 53.4 Å². The summed E-state index contributed by atoms with van der Waals surface area (Å²) in [5.74, 6) is -1.94. The van der Waals surface area contributed by atoms with E-state index < -0.39 is 62.8 Å². The number of carbonyl (C=O) groups is 4. The average molecular weight is 764 g/mol. The molecule has 6 aliphatic rings. The summed E-state index contributed by atoms with van der Waals surface area (Å²) in [5.41, 5.74) is 1.86. The highest BCUT2D eigenvalue weighted by Gasteiger charge is 2.62. The number of aromatic nitrogens is 2. The first-order valence-corrected chi connectivity index (χ1v) is 21.0. The normalized spacial score (nSPS) is 29.2. The van der Waals surface area contributed by atoms with Crippen LogP contribution in [-0.4, -0.2) is 87.8 Å². The first-order valence-electron chi connectivity index (χ1n) is 19.5. The number of hydrogen-bond acceptors (Lipinski definition) is 11. The number of sulfonamides is 1. The van der Waals surface area contributed by atoms with Crippen LogP contribution < -0.4 is 15.4 Å². The Morgan fingerprint density at radius 3 is 2.50 bits per heavy atom. The molecule has 54 heavy (non-hydrogen) atoms. The third-order valence-corrected chi connectivity index (χ3v) is 14.0. The van der Waals surface area contributed by atoms with E-state index in [4.69, 9.17) is 9.15 Å². The van der Waals surface area contributed by atoms with Crippen molar-refractivity contribution in [2.45, 2.75) is 132 Å². The highest BCUT2D eigenvalue weighted by Crippen LogP contribution is 2.45. The van der Waals surface area contributed by atoms with Gasteiger partial charge in [0.2, 0.25) is 27.7 Å². The van der Waals surface area contributed by atoms with Gasteiger partial charge in [0.25, 0.3) is 5.91 Å². The van der Waals surface area contributed by atoms with Gasteiger partial charge >= 0.3 is 12.1 Å². The van der Waals surface area contributed by atoms with E-state index in [0.29, 0.717) is 38.2 Å². The SMILES string of the molecule is C=C[C@@H]1C[C@]1(NC(=O)[C@@H]1C[C@@H]2CN1C(=O)[C@H](C1CCCCC1)Nc1nnc(o1)CCCCCc1cccc3c1CN(C3)C(=O)O2)C(=O)NS(=O)(=O)C1CC1. The molecule has 3 aliphatic heterocycles. The monoisotopic (exact) mass is 763 g/mol. The van der Waals surface area contributed by atoms with Gasteiger partial charge in [0.15, 0.2) is 0 Å². The molecule has 1 aromatic carbocycles. The zero-order valence-electron chi connectivity index (χ0n) is 30.5. The van der Waals surface area contributed by atoms with Crippen LogP contribution in [0.25, 0.3) is 0 Å². The predicted molar refractivity (Wildman–Crippen MR) is 195 cm³/mol. The van der Waals surface area contributed by atoms with E-state index in [0.717, 1.165) is 68.9 Å². The Balaban J connectivity index is 1.09. The van der Waals surface area contributed by atoms with E-state index in [1.54, 1.807) is 4.90 Å². The highest BCUT2D eigenvalue weighted by molar-refractivity contribution is 7.91. The number of hydrogen-bond donors (Lipinski definition) is 3. The minimum atomic E-state index is -3.89. The summed E-state index contributed by atoms with van der Waals surface area (Å²) in [4.78, 5) is 59.5. The van der Waals surface area contributed by atoms with Crippen molar-refractivity contribution in [1.29, 1.82) is 0 Å². The van der Waals surface area contributed by atoms with Crippen molar-refractivity contribution < 1.29 is 36.7 Å². The smallest absolute Gasteiger partial charge is 0.410 e. The summed E-state index contributed by atoms with van der Waals surface area (Å²) in [7, 11) is -3.89. The Kier molecular flexibility index (Phi) is 9.90. The van der Waals surface area contributed by atoms with Gasteiger partial charge in [-0.1, -0.05) is 55.1 Å². The molecule has 0 spiro atoms. The maximum Gasteiger partial charge on any atom is 0.410 e. The van der Waals surface area contributed by atoms with Crippen LogP contribution in [0.3, 0.4) is 0 Å². The number of ether oxygens (including phenoxy) is 1. The van der Waals surface area contributed by atoms with E-state index in [9.17, 15) is 27.6 Å². The van der Waals surface area contributed by atoms with Crippen molar-refractivity contribution in [2.24, 2.45) is 11.8 Å². The lowest BCUT2D eigenvalue weighted by Gasteiger charge is -2.34. The minimum Gasteiger partial charge on any atom is -0.444 e. The van der Waals surface area contributed by atoms with Crippen LogP contribution in [0.4, 0.5) is 10.8 Å². The van der Waals surface area contributed by atoms with Crippen LogP contribution in [0.15, 0.2) is 35.3 Å². The number of carbonyl (C=O) groups excluding carboxylic acids is 4. The molecule has 0 unspecified atom stereocenters. The fraction of sp³-hybridized carbons (Fsp3) is 0.632. The quantitative estimate of drug-likeness (QED) is 0.350. The number of amides is 4. The lowest BCUT2D eigenvalue weighted by Crippen LogP contribution is -2.58. The fourth-order valence-corrected chi connectivity index (χ4v) is 10.2. The number of aryl methyl sites for hydroxylation is 2. The lowest BCUT2D eigenvalue weighted by molar-refractivity contribution is -0.141. The lowest BCUT2D eigenvalue weighted by atomic mass is 9.83. The number of nitrogens with one attached hydrogen (secondary N) is 3. The molecule has 4 fully saturated rings. The maximum atomic E-state index is 14.8. The van der Waals surface area contributed by atoms with Gasteiger partial charge in [0.05, 0.1) is 11.8 Å². The molecule has 15 nitrogen and oxygen atoms in total. The Labute approximate surface area is 315 Å². The van der Waals surface area contributed by atoms with Crippen LogP contribution >= 0.6 is 0 Å². The third-order valence-electron chi connectivity index (χ3n) is 12.2. The van der Waals surface area contributed by atoms with Gasteiger partial charge in [-0.05, 0) is 74.0 Å². The molecule has 2 aromatic rings. The van der Waals surface area contributed by atoms with Crippen LogP contribution in [0, 0.1) is 11.8 Å². The standard InChI is InChI=1S/C38H49N7O8S/c1-2-26-19-38(26,35(48)43-54(50,51)28-16-17-28)40-33(46)30-18-27-21-45(30)34(47)32(24-11-6-3-7-12-24)39-36-42-41-31(53-36)15-8-4-5-10-23-13-9-14-25-20-44(22-29(23)25)37(49)52-27/h2,9,13-14,24,26-28,30,32H,1,3-8,10-12,15-22H2,(H,39,42)(H,40,46)(H,43,48)/t26-,27-,30+,32+,38-/m1/s1. The number of fused-ring (bicyclic) bond motifs is 5. The molecule has 0 radical (unpaired) electrons. The minimum absolute atomic E-state index is 0.00568. The van der Waals surface area contributed by atoms with Crippen molar-refractivity contribution in [1.82, 2.24) is 30.0 Å². The highest BCUT2D eigenvalue weighted by atomic mass is 32.2. The molecule has 3 aliphatic carbocycles. The van der Waals surface area contributed by atoms with Crippen molar-refractivity contribution >= 4 is 39.9 Å². The van der Waals surface area contributed by atoms with E-state index in [1.165, 1.54) is 16.5 Å². The molecule has 4 heterocycles. The first-order chi connectivity index (χ1) is 26.0. The number of nitrogens with zero attached hydrogens (tertiary/aromatic N) is 4. The first kappa shape index (κ1) is 36.5.